The molecule has 1 fully saturated rings. The Morgan fingerprint density at radius 3 is 2.70 bits per heavy atom. The van der Waals surface area contributed by atoms with Gasteiger partial charge in [-0.15, -0.1) is 22.7 Å². The molecular weight excluding hydrogens is 392 g/mol. The van der Waals surface area contributed by atoms with Crippen molar-refractivity contribution in [1.82, 2.24) is 9.80 Å². The standard InChI is InChI=1S/C17H19BrN2OS2/c18-16-5-3-15(23-16)4-6-17(21)20-11-9-19(10-12-20)8-7-14-2-1-13-22-14/h1-6,13H,7-12H2/b6-4-. The quantitative estimate of drug-likeness (QED) is 0.696. The Morgan fingerprint density at radius 2 is 2.04 bits per heavy atom. The van der Waals surface area contributed by atoms with E-state index in [0.717, 1.165) is 47.8 Å². The van der Waals surface area contributed by atoms with Crippen LogP contribution in [-0.4, -0.2) is 48.4 Å². The highest BCUT2D eigenvalue weighted by molar-refractivity contribution is 9.11. The van der Waals surface area contributed by atoms with E-state index in [1.807, 2.05) is 34.4 Å². The smallest absolute Gasteiger partial charge is 0.246 e. The zero-order valence-electron chi connectivity index (χ0n) is 12.8. The number of hydrogen-bond acceptors (Lipinski definition) is 4. The lowest BCUT2D eigenvalue weighted by Gasteiger charge is -2.34. The second kappa shape index (κ2) is 8.24. The first-order chi connectivity index (χ1) is 11.2. The van der Waals surface area contributed by atoms with Gasteiger partial charge in [0.1, 0.15) is 0 Å². The van der Waals surface area contributed by atoms with E-state index in [2.05, 4.69) is 38.3 Å². The van der Waals surface area contributed by atoms with Crippen LogP contribution in [0.4, 0.5) is 0 Å². The maximum Gasteiger partial charge on any atom is 0.246 e. The molecule has 0 radical (unpaired) electrons. The molecule has 23 heavy (non-hydrogen) atoms. The summed E-state index contributed by atoms with van der Waals surface area (Å²) >= 11 is 6.89. The lowest BCUT2D eigenvalue weighted by molar-refractivity contribution is -0.127. The summed E-state index contributed by atoms with van der Waals surface area (Å²) in [5.74, 6) is 0.118. The number of piperazine rings is 1. The SMILES string of the molecule is O=C(/C=C\c1ccc(Br)s1)N1CCN(CCc2cccs2)CC1. The van der Waals surface area contributed by atoms with Gasteiger partial charge in [0.2, 0.25) is 5.91 Å². The van der Waals surface area contributed by atoms with Gasteiger partial charge < -0.3 is 4.90 Å². The number of carbonyl (C=O) groups is 1. The molecule has 0 spiro atoms. The van der Waals surface area contributed by atoms with Crippen molar-refractivity contribution in [2.45, 2.75) is 6.42 Å². The summed E-state index contributed by atoms with van der Waals surface area (Å²) in [6.45, 7) is 4.66. The van der Waals surface area contributed by atoms with Crippen LogP contribution in [0.25, 0.3) is 6.08 Å². The Bertz CT molecular complexity index is 658. The maximum atomic E-state index is 12.2. The number of amides is 1. The van der Waals surface area contributed by atoms with Gasteiger partial charge in [0.15, 0.2) is 0 Å². The second-order valence-electron chi connectivity index (χ2n) is 5.47. The highest BCUT2D eigenvalue weighted by atomic mass is 79.9. The fraction of sp³-hybridized carbons (Fsp3) is 0.353. The van der Waals surface area contributed by atoms with E-state index >= 15 is 0 Å². The van der Waals surface area contributed by atoms with Gasteiger partial charge in [-0.2, -0.15) is 0 Å². The number of nitrogens with zero attached hydrogens (tertiary/aromatic N) is 2. The molecule has 1 amide bonds. The summed E-state index contributed by atoms with van der Waals surface area (Å²) in [6.07, 6.45) is 4.71. The molecule has 122 valence electrons. The number of halogens is 1. The molecular formula is C17H19BrN2OS2. The van der Waals surface area contributed by atoms with Crippen molar-refractivity contribution < 1.29 is 4.79 Å². The Balaban J connectivity index is 1.43. The highest BCUT2D eigenvalue weighted by Crippen LogP contribution is 2.23. The van der Waals surface area contributed by atoms with Gasteiger partial charge in [0, 0.05) is 48.6 Å². The third-order valence-corrected chi connectivity index (χ3v) is 6.45. The number of hydrogen-bond donors (Lipinski definition) is 0. The van der Waals surface area contributed by atoms with Crippen LogP contribution in [-0.2, 0) is 11.2 Å². The van der Waals surface area contributed by atoms with Crippen molar-refractivity contribution in [2.24, 2.45) is 0 Å². The monoisotopic (exact) mass is 410 g/mol. The van der Waals surface area contributed by atoms with Crippen LogP contribution in [0.3, 0.4) is 0 Å². The third-order valence-electron chi connectivity index (χ3n) is 3.92. The lowest BCUT2D eigenvalue weighted by Crippen LogP contribution is -2.48. The van der Waals surface area contributed by atoms with Crippen molar-refractivity contribution in [3.05, 3.63) is 49.3 Å². The molecule has 3 nitrogen and oxygen atoms in total. The molecule has 1 saturated heterocycles. The Hall–Kier alpha value is -0.950. The molecule has 0 saturated carbocycles. The van der Waals surface area contributed by atoms with E-state index in [1.54, 1.807) is 17.4 Å². The topological polar surface area (TPSA) is 23.6 Å². The van der Waals surface area contributed by atoms with Gasteiger partial charge in [0.05, 0.1) is 3.79 Å². The van der Waals surface area contributed by atoms with E-state index in [0.29, 0.717) is 0 Å². The van der Waals surface area contributed by atoms with Crippen molar-refractivity contribution >= 4 is 50.6 Å². The first-order valence-corrected chi connectivity index (χ1v) is 10.2. The minimum Gasteiger partial charge on any atom is -0.337 e. The van der Waals surface area contributed by atoms with Crippen LogP contribution in [0.15, 0.2) is 39.5 Å². The zero-order chi connectivity index (χ0) is 16.1. The van der Waals surface area contributed by atoms with Gasteiger partial charge in [-0.1, -0.05) is 6.07 Å². The van der Waals surface area contributed by atoms with E-state index in [-0.39, 0.29) is 5.91 Å². The number of carbonyl (C=O) groups excluding carboxylic acids is 1. The van der Waals surface area contributed by atoms with Gasteiger partial charge >= 0.3 is 0 Å². The average Bonchev–Trinajstić information content (AvgIpc) is 3.22. The zero-order valence-corrected chi connectivity index (χ0v) is 16.0. The fourth-order valence-electron chi connectivity index (χ4n) is 2.59. The van der Waals surface area contributed by atoms with E-state index in [4.69, 9.17) is 0 Å². The van der Waals surface area contributed by atoms with Gasteiger partial charge in [-0.3, -0.25) is 9.69 Å². The molecule has 0 aromatic carbocycles. The van der Waals surface area contributed by atoms with Gasteiger partial charge in [-0.05, 0) is 52.0 Å². The first kappa shape index (κ1) is 16.9. The Kier molecular flexibility index (Phi) is 6.05. The van der Waals surface area contributed by atoms with Crippen molar-refractivity contribution in [3.63, 3.8) is 0 Å². The molecule has 2 aromatic rings. The fourth-order valence-corrected chi connectivity index (χ4v) is 4.62. The van der Waals surface area contributed by atoms with Crippen LogP contribution in [0.1, 0.15) is 9.75 Å². The molecule has 0 atom stereocenters. The molecule has 3 heterocycles. The minimum absolute atomic E-state index is 0.118. The summed E-state index contributed by atoms with van der Waals surface area (Å²) in [7, 11) is 0. The largest absolute Gasteiger partial charge is 0.337 e. The average molecular weight is 411 g/mol. The molecule has 0 N–H and O–H groups in total. The van der Waals surface area contributed by atoms with E-state index < -0.39 is 0 Å². The predicted molar refractivity (Wildman–Crippen MR) is 102 cm³/mol. The summed E-state index contributed by atoms with van der Waals surface area (Å²) in [6, 6.07) is 8.31. The van der Waals surface area contributed by atoms with Gasteiger partial charge in [-0.25, -0.2) is 0 Å². The first-order valence-electron chi connectivity index (χ1n) is 7.68. The van der Waals surface area contributed by atoms with E-state index in [1.165, 1.54) is 4.88 Å². The normalized spacial score (nSPS) is 16.3. The number of thiophene rings is 2. The molecule has 3 rings (SSSR count). The van der Waals surface area contributed by atoms with Crippen LogP contribution >= 0.6 is 38.6 Å². The van der Waals surface area contributed by atoms with Crippen molar-refractivity contribution in [2.75, 3.05) is 32.7 Å². The minimum atomic E-state index is 0.118. The van der Waals surface area contributed by atoms with Crippen molar-refractivity contribution in [1.29, 1.82) is 0 Å². The second-order valence-corrected chi connectivity index (χ2v) is 9.00. The molecule has 0 bridgehead atoms. The van der Waals surface area contributed by atoms with Crippen LogP contribution in [0.5, 0.6) is 0 Å². The van der Waals surface area contributed by atoms with Gasteiger partial charge in [0.25, 0.3) is 0 Å². The maximum absolute atomic E-state index is 12.2. The predicted octanol–water partition coefficient (Wildman–Crippen LogP) is 3.97. The molecule has 1 aliphatic heterocycles. The summed E-state index contributed by atoms with van der Waals surface area (Å²) < 4.78 is 1.09. The highest BCUT2D eigenvalue weighted by Gasteiger charge is 2.19. The third kappa shape index (κ3) is 5.01. The summed E-state index contributed by atoms with van der Waals surface area (Å²) in [5.41, 5.74) is 0. The van der Waals surface area contributed by atoms with Crippen LogP contribution in [0, 0.1) is 0 Å². The molecule has 1 aliphatic rings. The Labute approximate surface area is 153 Å². The molecule has 0 aliphatic carbocycles. The molecule has 2 aromatic heterocycles. The molecule has 6 heteroatoms. The lowest BCUT2D eigenvalue weighted by atomic mass is 10.2. The van der Waals surface area contributed by atoms with Crippen LogP contribution < -0.4 is 0 Å². The number of rotatable bonds is 5. The van der Waals surface area contributed by atoms with Crippen LogP contribution in [0.2, 0.25) is 0 Å². The van der Waals surface area contributed by atoms with E-state index in [9.17, 15) is 4.79 Å². The van der Waals surface area contributed by atoms with Crippen molar-refractivity contribution in [3.8, 4) is 0 Å². The summed E-state index contributed by atoms with van der Waals surface area (Å²) in [4.78, 5) is 19.2. The summed E-state index contributed by atoms with van der Waals surface area (Å²) in [5, 5.41) is 2.13. The molecule has 0 unspecified atom stereocenters. The Morgan fingerprint density at radius 1 is 1.22 bits per heavy atom.